The second-order valence-electron chi connectivity index (χ2n) is 2.23. The van der Waals surface area contributed by atoms with Gasteiger partial charge in [-0.3, -0.25) is 9.68 Å². The summed E-state index contributed by atoms with van der Waals surface area (Å²) >= 11 is 0. The van der Waals surface area contributed by atoms with E-state index in [9.17, 15) is 0 Å². The normalized spacial score (nSPS) is 12.4. The first-order valence-electron chi connectivity index (χ1n) is 4.42. The molecule has 0 saturated heterocycles. The summed E-state index contributed by atoms with van der Waals surface area (Å²) in [6.07, 6.45) is -1.47. The first-order chi connectivity index (χ1) is 6.70. The molecule has 0 rings (SSSR count). The van der Waals surface area contributed by atoms with Crippen LogP contribution in [0.15, 0.2) is 0 Å². The van der Waals surface area contributed by atoms with Gasteiger partial charge in [-0.1, -0.05) is 0 Å². The van der Waals surface area contributed by atoms with Crippen molar-refractivity contribution in [2.45, 2.75) is 19.9 Å². The van der Waals surface area contributed by atoms with Gasteiger partial charge in [0.05, 0.1) is 13.2 Å². The zero-order chi connectivity index (χ0) is 11.0. The minimum absolute atomic E-state index is 0.415. The second kappa shape index (κ2) is 7.10. The number of hydrogen-bond acceptors (Lipinski definition) is 6. The molecule has 0 aromatic carbocycles. The molecule has 6 heteroatoms. The first kappa shape index (κ1) is 13.8. The number of rotatable bonds is 8. The summed E-state index contributed by atoms with van der Waals surface area (Å²) in [4.78, 5) is 10.3. The highest BCUT2D eigenvalue weighted by Gasteiger charge is 2.41. The maximum absolute atomic E-state index is 5.16. The van der Waals surface area contributed by atoms with Crippen LogP contribution in [0.5, 0.6) is 0 Å². The summed E-state index contributed by atoms with van der Waals surface area (Å²) in [6.45, 7) is 4.46. The van der Waals surface area contributed by atoms with E-state index in [2.05, 4.69) is 0 Å². The first-order valence-corrected chi connectivity index (χ1v) is 4.42. The molecule has 0 aromatic rings. The van der Waals surface area contributed by atoms with Crippen LogP contribution in [0.1, 0.15) is 13.8 Å². The largest absolute Gasteiger partial charge is 0.399 e. The number of methoxy groups -OCH3 is 3. The third-order valence-electron chi connectivity index (χ3n) is 1.49. The SMILES string of the molecule is CCON(OCC)C(OC)(OC)OC. The van der Waals surface area contributed by atoms with E-state index in [-0.39, 0.29) is 0 Å². The Balaban J connectivity index is 4.52. The molecule has 86 valence electrons. The van der Waals surface area contributed by atoms with E-state index in [4.69, 9.17) is 23.9 Å². The molecule has 0 aliphatic heterocycles. The Morgan fingerprint density at radius 2 is 1.21 bits per heavy atom. The highest BCUT2D eigenvalue weighted by molar-refractivity contribution is 4.41. The van der Waals surface area contributed by atoms with E-state index in [1.165, 1.54) is 21.3 Å². The lowest BCUT2D eigenvalue weighted by Gasteiger charge is -2.35. The van der Waals surface area contributed by atoms with Gasteiger partial charge in [-0.05, 0) is 13.8 Å². The van der Waals surface area contributed by atoms with E-state index in [0.717, 1.165) is 5.23 Å². The van der Waals surface area contributed by atoms with Crippen molar-refractivity contribution >= 4 is 0 Å². The molecule has 6 nitrogen and oxygen atoms in total. The predicted molar refractivity (Wildman–Crippen MR) is 48.8 cm³/mol. The Kier molecular flexibility index (Phi) is 6.98. The van der Waals surface area contributed by atoms with E-state index in [1.807, 2.05) is 13.8 Å². The minimum atomic E-state index is -1.47. The lowest BCUT2D eigenvalue weighted by Crippen LogP contribution is -2.53. The molecule has 0 radical (unpaired) electrons. The van der Waals surface area contributed by atoms with E-state index in [1.54, 1.807) is 0 Å². The highest BCUT2D eigenvalue weighted by Crippen LogP contribution is 2.19. The van der Waals surface area contributed by atoms with Gasteiger partial charge in [-0.25, -0.2) is 0 Å². The molecule has 0 aliphatic rings. The topological polar surface area (TPSA) is 49.4 Å². The molecule has 0 N–H and O–H groups in total. The van der Waals surface area contributed by atoms with Crippen LogP contribution in [-0.4, -0.2) is 45.9 Å². The van der Waals surface area contributed by atoms with Gasteiger partial charge in [0.15, 0.2) is 0 Å². The van der Waals surface area contributed by atoms with Gasteiger partial charge in [0, 0.05) is 26.6 Å². The average molecular weight is 209 g/mol. The zero-order valence-electron chi connectivity index (χ0n) is 9.40. The molecule has 0 aliphatic carbocycles. The third-order valence-corrected chi connectivity index (χ3v) is 1.49. The molecular formula is C8H19NO5. The van der Waals surface area contributed by atoms with Crippen molar-refractivity contribution in [3.63, 3.8) is 0 Å². The van der Waals surface area contributed by atoms with Gasteiger partial charge in [0.1, 0.15) is 0 Å². The van der Waals surface area contributed by atoms with E-state index in [0.29, 0.717) is 13.2 Å². The maximum atomic E-state index is 5.16. The zero-order valence-corrected chi connectivity index (χ0v) is 9.40. The Labute approximate surface area is 84.5 Å². The lowest BCUT2D eigenvalue weighted by atomic mass is 10.8. The molecule has 0 aromatic heterocycles. The minimum Gasteiger partial charge on any atom is -0.314 e. The molecule has 0 atom stereocenters. The van der Waals surface area contributed by atoms with Crippen molar-refractivity contribution in [2.75, 3.05) is 34.5 Å². The fourth-order valence-corrected chi connectivity index (χ4v) is 0.903. The summed E-state index contributed by atoms with van der Waals surface area (Å²) in [5.74, 6) is 0. The predicted octanol–water partition coefficient (Wildman–Crippen LogP) is 0.742. The molecule has 0 heterocycles. The summed E-state index contributed by atoms with van der Waals surface area (Å²) in [5, 5.41) is 1.05. The number of hydroxylamine groups is 2. The van der Waals surface area contributed by atoms with Crippen LogP contribution in [0.4, 0.5) is 0 Å². The maximum Gasteiger partial charge on any atom is 0.399 e. The van der Waals surface area contributed by atoms with E-state index >= 15 is 0 Å². The summed E-state index contributed by atoms with van der Waals surface area (Å²) in [7, 11) is 4.29. The Morgan fingerprint density at radius 1 is 0.857 bits per heavy atom. The second-order valence-corrected chi connectivity index (χ2v) is 2.23. The number of ether oxygens (including phenoxy) is 3. The fourth-order valence-electron chi connectivity index (χ4n) is 0.903. The van der Waals surface area contributed by atoms with Crippen LogP contribution in [0, 0.1) is 0 Å². The van der Waals surface area contributed by atoms with Crippen LogP contribution in [0.3, 0.4) is 0 Å². The average Bonchev–Trinajstić information content (AvgIpc) is 2.22. The van der Waals surface area contributed by atoms with Crippen molar-refractivity contribution in [1.82, 2.24) is 5.23 Å². The Bertz CT molecular complexity index is 125. The fraction of sp³-hybridized carbons (Fsp3) is 1.00. The monoisotopic (exact) mass is 209 g/mol. The van der Waals surface area contributed by atoms with Gasteiger partial charge >= 0.3 is 6.10 Å². The van der Waals surface area contributed by atoms with Crippen LogP contribution < -0.4 is 0 Å². The molecule has 0 saturated carbocycles. The van der Waals surface area contributed by atoms with Crippen molar-refractivity contribution in [2.24, 2.45) is 0 Å². The van der Waals surface area contributed by atoms with Crippen LogP contribution in [0.25, 0.3) is 0 Å². The molecule has 0 spiro atoms. The van der Waals surface area contributed by atoms with Crippen molar-refractivity contribution in [1.29, 1.82) is 0 Å². The quantitative estimate of drug-likeness (QED) is 0.434. The standard InChI is InChI=1S/C8H19NO5/c1-6-13-9(14-7-2)8(10-3,11-4)12-5/h6-7H2,1-5H3. The molecule has 0 fully saturated rings. The van der Waals surface area contributed by atoms with Gasteiger partial charge in [0.2, 0.25) is 0 Å². The third kappa shape index (κ3) is 3.16. The Morgan fingerprint density at radius 3 is 1.43 bits per heavy atom. The number of nitrogens with zero attached hydrogens (tertiary/aromatic N) is 1. The van der Waals surface area contributed by atoms with Crippen molar-refractivity contribution in [3.05, 3.63) is 0 Å². The smallest absolute Gasteiger partial charge is 0.314 e. The molecule has 0 amide bonds. The summed E-state index contributed by atoms with van der Waals surface area (Å²) in [5.41, 5.74) is 0. The lowest BCUT2D eigenvalue weighted by molar-refractivity contribution is -0.574. The summed E-state index contributed by atoms with van der Waals surface area (Å²) in [6, 6.07) is 0. The molecule has 0 unspecified atom stereocenters. The molecule has 0 bridgehead atoms. The van der Waals surface area contributed by atoms with E-state index < -0.39 is 6.10 Å². The van der Waals surface area contributed by atoms with Gasteiger partial charge in [-0.2, -0.15) is 0 Å². The summed E-state index contributed by atoms with van der Waals surface area (Å²) < 4.78 is 15.1. The van der Waals surface area contributed by atoms with Crippen LogP contribution in [-0.2, 0) is 23.9 Å². The number of hydrogen-bond donors (Lipinski definition) is 0. The Hall–Kier alpha value is -0.240. The van der Waals surface area contributed by atoms with Gasteiger partial charge < -0.3 is 14.2 Å². The van der Waals surface area contributed by atoms with Crippen LogP contribution in [0.2, 0.25) is 0 Å². The van der Waals surface area contributed by atoms with Gasteiger partial charge in [-0.15, -0.1) is 0 Å². The van der Waals surface area contributed by atoms with Crippen LogP contribution >= 0.6 is 0 Å². The molecule has 14 heavy (non-hydrogen) atoms. The van der Waals surface area contributed by atoms with Crippen molar-refractivity contribution in [3.8, 4) is 0 Å². The van der Waals surface area contributed by atoms with Crippen molar-refractivity contribution < 1.29 is 23.9 Å². The highest BCUT2D eigenvalue weighted by atomic mass is 17.1. The molecular weight excluding hydrogens is 190 g/mol. The van der Waals surface area contributed by atoms with Gasteiger partial charge in [0.25, 0.3) is 0 Å².